The third-order valence-corrected chi connectivity index (χ3v) is 6.99. The van der Waals surface area contributed by atoms with Crippen LogP contribution in [0.5, 0.6) is 11.5 Å². The maximum absolute atomic E-state index is 13.1. The zero-order valence-electron chi connectivity index (χ0n) is 22.3. The van der Waals surface area contributed by atoms with Crippen LogP contribution in [0.25, 0.3) is 33.9 Å². The van der Waals surface area contributed by atoms with Gasteiger partial charge in [-0.2, -0.15) is 5.10 Å². The van der Waals surface area contributed by atoms with E-state index in [0.717, 1.165) is 37.2 Å². The van der Waals surface area contributed by atoms with E-state index in [0.29, 0.717) is 40.2 Å². The van der Waals surface area contributed by atoms with Gasteiger partial charge in [-0.1, -0.05) is 0 Å². The van der Waals surface area contributed by atoms with E-state index in [2.05, 4.69) is 21.9 Å². The molecule has 1 saturated heterocycles. The largest absolute Gasteiger partial charge is 0.497 e. The van der Waals surface area contributed by atoms with Gasteiger partial charge in [0.1, 0.15) is 28.6 Å². The maximum atomic E-state index is 13.1. The fraction of sp³-hybridized carbons (Fsp3) is 0.370. The number of nitrogens with two attached hydrogens (primary N) is 1. The normalized spacial score (nSPS) is 14.6. The summed E-state index contributed by atoms with van der Waals surface area (Å²) in [5.41, 5.74) is 10.00. The summed E-state index contributed by atoms with van der Waals surface area (Å²) in [4.78, 5) is 29.4. The van der Waals surface area contributed by atoms with Crippen molar-refractivity contribution < 1.29 is 9.47 Å². The van der Waals surface area contributed by atoms with Crippen molar-refractivity contribution in [1.82, 2.24) is 34.2 Å². The maximum Gasteiger partial charge on any atom is 0.276 e. The predicted octanol–water partition coefficient (Wildman–Crippen LogP) is 2.94. The minimum atomic E-state index is -0.276. The summed E-state index contributed by atoms with van der Waals surface area (Å²) in [6.45, 7) is 4.06. The molecule has 0 saturated carbocycles. The first-order valence-electron chi connectivity index (χ1n) is 12.5. The van der Waals surface area contributed by atoms with Crippen molar-refractivity contribution >= 4 is 5.82 Å². The second kappa shape index (κ2) is 10.3. The van der Waals surface area contributed by atoms with Crippen LogP contribution < -0.4 is 20.8 Å². The van der Waals surface area contributed by atoms with Gasteiger partial charge < -0.3 is 24.7 Å². The summed E-state index contributed by atoms with van der Waals surface area (Å²) in [6, 6.07) is 5.57. The van der Waals surface area contributed by atoms with Crippen molar-refractivity contribution in [2.75, 3.05) is 40.1 Å². The van der Waals surface area contributed by atoms with Crippen molar-refractivity contribution in [2.45, 2.75) is 25.8 Å². The van der Waals surface area contributed by atoms with Crippen LogP contribution in [0.3, 0.4) is 0 Å². The molecule has 1 aliphatic heterocycles. The van der Waals surface area contributed by atoms with Crippen LogP contribution in [0.4, 0.5) is 5.82 Å². The molecule has 5 rings (SSSR count). The number of ether oxygens (including phenoxy) is 2. The molecule has 38 heavy (non-hydrogen) atoms. The summed E-state index contributed by atoms with van der Waals surface area (Å²) in [7, 11) is 6.92. The molecule has 3 aromatic heterocycles. The molecule has 0 radical (unpaired) electrons. The Bertz CT molecular complexity index is 1510. The minimum absolute atomic E-state index is 0.217. The summed E-state index contributed by atoms with van der Waals surface area (Å²) >= 11 is 0. The number of hydrogen-bond donors (Lipinski definition) is 1. The molecule has 11 heteroatoms. The number of anilines is 1. The number of benzene rings is 1. The number of rotatable bonds is 6. The van der Waals surface area contributed by atoms with Crippen LogP contribution in [0, 0.1) is 6.92 Å². The van der Waals surface area contributed by atoms with Gasteiger partial charge >= 0.3 is 0 Å². The number of methoxy groups -OCH3 is 2. The Hall–Kier alpha value is -4.25. The summed E-state index contributed by atoms with van der Waals surface area (Å²) in [6.07, 6.45) is 7.41. The smallest absolute Gasteiger partial charge is 0.276 e. The Balaban J connectivity index is 1.56. The van der Waals surface area contributed by atoms with Gasteiger partial charge in [0, 0.05) is 36.6 Å². The van der Waals surface area contributed by atoms with E-state index in [1.807, 2.05) is 17.8 Å². The van der Waals surface area contributed by atoms with Crippen LogP contribution in [-0.2, 0) is 7.05 Å². The number of aromatic nitrogens is 6. The Morgan fingerprint density at radius 1 is 0.947 bits per heavy atom. The number of hydrogen-bond acceptors (Lipinski definition) is 9. The van der Waals surface area contributed by atoms with Crippen molar-refractivity contribution in [3.8, 4) is 45.4 Å². The highest BCUT2D eigenvalue weighted by Crippen LogP contribution is 2.31. The standard InChI is InChI=1S/C27H32N8O3/c1-16-21(14-35(32-16)18-6-8-33(2)9-7-18)22-13-29-26(28)25(30-22)23-15-34(3)27(36)24(31-23)17-10-19(37-4)12-20(11-17)38-5/h10-15,18H,6-9H2,1-5H3,(H2,28,29). The number of likely N-dealkylation sites (tertiary alicyclic amines) is 1. The van der Waals surface area contributed by atoms with E-state index in [9.17, 15) is 4.79 Å². The first-order chi connectivity index (χ1) is 18.3. The van der Waals surface area contributed by atoms with Gasteiger partial charge in [0.2, 0.25) is 0 Å². The van der Waals surface area contributed by atoms with Gasteiger partial charge in [0.05, 0.1) is 37.8 Å². The van der Waals surface area contributed by atoms with E-state index in [1.165, 1.54) is 4.57 Å². The third-order valence-electron chi connectivity index (χ3n) is 6.99. The van der Waals surface area contributed by atoms with Crippen LogP contribution in [-0.4, -0.2) is 68.6 Å². The number of nitrogens with zero attached hydrogens (tertiary/aromatic N) is 7. The summed E-state index contributed by atoms with van der Waals surface area (Å²) in [5.74, 6) is 1.31. The highest BCUT2D eigenvalue weighted by atomic mass is 16.5. The molecule has 4 heterocycles. The van der Waals surface area contributed by atoms with Gasteiger partial charge in [-0.3, -0.25) is 9.48 Å². The Morgan fingerprint density at radius 2 is 1.61 bits per heavy atom. The van der Waals surface area contributed by atoms with E-state index in [4.69, 9.17) is 25.3 Å². The second-order valence-electron chi connectivity index (χ2n) is 9.62. The van der Waals surface area contributed by atoms with Crippen molar-refractivity contribution in [1.29, 1.82) is 0 Å². The molecule has 0 amide bonds. The predicted molar refractivity (Wildman–Crippen MR) is 145 cm³/mol. The first-order valence-corrected chi connectivity index (χ1v) is 12.5. The lowest BCUT2D eigenvalue weighted by atomic mass is 10.1. The van der Waals surface area contributed by atoms with Gasteiger partial charge in [0.15, 0.2) is 5.82 Å². The van der Waals surface area contributed by atoms with Crippen LogP contribution >= 0.6 is 0 Å². The molecule has 11 nitrogen and oxygen atoms in total. The zero-order chi connectivity index (χ0) is 27.0. The number of nitrogen functional groups attached to an aromatic ring is 1. The van der Waals surface area contributed by atoms with Gasteiger partial charge in [-0.25, -0.2) is 15.0 Å². The fourth-order valence-electron chi connectivity index (χ4n) is 4.75. The summed E-state index contributed by atoms with van der Waals surface area (Å²) < 4.78 is 14.3. The van der Waals surface area contributed by atoms with Crippen molar-refractivity contribution in [2.24, 2.45) is 7.05 Å². The molecule has 0 atom stereocenters. The molecule has 1 aliphatic rings. The number of aryl methyl sites for hydroxylation is 2. The molecule has 0 bridgehead atoms. The van der Waals surface area contributed by atoms with E-state index >= 15 is 0 Å². The van der Waals surface area contributed by atoms with Crippen LogP contribution in [0.15, 0.2) is 41.6 Å². The number of piperidine rings is 1. The van der Waals surface area contributed by atoms with Gasteiger partial charge in [-0.05, 0) is 52.0 Å². The molecular weight excluding hydrogens is 484 g/mol. The monoisotopic (exact) mass is 516 g/mol. The Labute approximate surface area is 220 Å². The second-order valence-corrected chi connectivity index (χ2v) is 9.62. The molecule has 0 aliphatic carbocycles. The van der Waals surface area contributed by atoms with E-state index in [1.54, 1.807) is 51.9 Å². The average Bonchev–Trinajstić information content (AvgIpc) is 3.31. The topological polar surface area (TPSA) is 126 Å². The minimum Gasteiger partial charge on any atom is -0.497 e. The highest BCUT2D eigenvalue weighted by molar-refractivity contribution is 5.73. The molecule has 0 spiro atoms. The SMILES string of the molecule is COc1cc(OC)cc(-c2nc(-c3nc(-c4cn(C5CCN(C)CC5)nc4C)cnc3N)cn(C)c2=O)c1. The van der Waals surface area contributed by atoms with Gasteiger partial charge in [0.25, 0.3) is 5.56 Å². The first kappa shape index (κ1) is 25.4. The van der Waals surface area contributed by atoms with Crippen molar-refractivity contribution in [3.05, 3.63) is 52.8 Å². The highest BCUT2D eigenvalue weighted by Gasteiger charge is 2.22. The fourth-order valence-corrected chi connectivity index (χ4v) is 4.75. The average molecular weight is 517 g/mol. The molecule has 1 aromatic carbocycles. The lowest BCUT2D eigenvalue weighted by molar-refractivity contribution is 0.212. The molecule has 4 aromatic rings. The Kier molecular flexibility index (Phi) is 6.85. The van der Waals surface area contributed by atoms with Gasteiger partial charge in [-0.15, -0.1) is 0 Å². The molecule has 0 unspecified atom stereocenters. The van der Waals surface area contributed by atoms with E-state index in [-0.39, 0.29) is 17.1 Å². The van der Waals surface area contributed by atoms with E-state index < -0.39 is 0 Å². The van der Waals surface area contributed by atoms with Crippen molar-refractivity contribution in [3.63, 3.8) is 0 Å². The zero-order valence-corrected chi connectivity index (χ0v) is 22.3. The van der Waals surface area contributed by atoms with Crippen LogP contribution in [0.2, 0.25) is 0 Å². The molecule has 2 N–H and O–H groups in total. The quantitative estimate of drug-likeness (QED) is 0.411. The third kappa shape index (κ3) is 4.84. The lowest BCUT2D eigenvalue weighted by Gasteiger charge is -2.29. The lowest BCUT2D eigenvalue weighted by Crippen LogP contribution is -2.31. The molecule has 1 fully saturated rings. The summed E-state index contributed by atoms with van der Waals surface area (Å²) in [5, 5.41) is 4.79. The Morgan fingerprint density at radius 3 is 2.26 bits per heavy atom. The van der Waals surface area contributed by atoms with Crippen LogP contribution in [0.1, 0.15) is 24.6 Å². The molecular formula is C27H32N8O3. The molecule has 198 valence electrons.